The molecule has 0 aliphatic rings. The van der Waals surface area contributed by atoms with Crippen molar-refractivity contribution in [3.05, 3.63) is 53.8 Å². The van der Waals surface area contributed by atoms with E-state index in [4.69, 9.17) is 9.15 Å². The second-order valence-corrected chi connectivity index (χ2v) is 6.73. The summed E-state index contributed by atoms with van der Waals surface area (Å²) in [6.45, 7) is 0.0181. The van der Waals surface area contributed by atoms with Crippen LogP contribution < -0.4 is 0 Å². The van der Waals surface area contributed by atoms with E-state index in [1.165, 1.54) is 25.5 Å². The number of ether oxygens (including phenoxy) is 2. The minimum absolute atomic E-state index is 0.0181. The van der Waals surface area contributed by atoms with Crippen LogP contribution in [-0.4, -0.2) is 29.6 Å². The first-order valence-corrected chi connectivity index (χ1v) is 8.46. The molecule has 7 nitrogen and oxygen atoms in total. The summed E-state index contributed by atoms with van der Waals surface area (Å²) in [6, 6.07) is 11.6. The van der Waals surface area contributed by atoms with Crippen LogP contribution in [0.5, 0.6) is 0 Å². The molecule has 0 N–H and O–H groups in total. The number of hydrogen-bond acceptors (Lipinski definition) is 6. The quantitative estimate of drug-likeness (QED) is 0.796. The third kappa shape index (κ3) is 4.43. The highest BCUT2D eigenvalue weighted by atomic mass is 32.2. The van der Waals surface area contributed by atoms with Crippen molar-refractivity contribution in [3.63, 3.8) is 0 Å². The minimum atomic E-state index is -3.16. The van der Waals surface area contributed by atoms with Gasteiger partial charge in [-0.15, -0.1) is 4.36 Å². The van der Waals surface area contributed by atoms with E-state index in [0.29, 0.717) is 0 Å². The van der Waals surface area contributed by atoms with Crippen LogP contribution in [0.4, 0.5) is 4.79 Å². The van der Waals surface area contributed by atoms with E-state index in [0.717, 1.165) is 5.56 Å². The fourth-order valence-corrected chi connectivity index (χ4v) is 2.66. The molecular weight excluding hydrogens is 322 g/mol. The lowest BCUT2D eigenvalue weighted by molar-refractivity contribution is 0.0559. The van der Waals surface area contributed by atoms with Crippen molar-refractivity contribution in [2.45, 2.75) is 11.7 Å². The Morgan fingerprint density at radius 1 is 1.17 bits per heavy atom. The summed E-state index contributed by atoms with van der Waals surface area (Å²) in [5.41, 5.74) is 0.782. The largest absolute Gasteiger partial charge is 0.463 e. The highest BCUT2D eigenvalue weighted by Crippen LogP contribution is 2.17. The van der Waals surface area contributed by atoms with Gasteiger partial charge < -0.3 is 13.9 Å². The number of hydrogen-bond donors (Lipinski definition) is 0. The van der Waals surface area contributed by atoms with Crippen LogP contribution in [0.25, 0.3) is 0 Å². The number of carbonyl (C=O) groups is 2. The van der Waals surface area contributed by atoms with Crippen LogP contribution in [0.15, 0.2) is 56.3 Å². The van der Waals surface area contributed by atoms with E-state index in [-0.39, 0.29) is 17.5 Å². The maximum atomic E-state index is 12.4. The molecule has 0 aliphatic carbocycles. The predicted octanol–water partition coefficient (Wildman–Crippen LogP) is 2.86. The first-order chi connectivity index (χ1) is 10.9. The molecule has 0 bridgehead atoms. The van der Waals surface area contributed by atoms with Crippen molar-refractivity contribution in [2.24, 2.45) is 4.36 Å². The van der Waals surface area contributed by atoms with Crippen LogP contribution >= 0.6 is 0 Å². The van der Waals surface area contributed by atoms with Crippen LogP contribution in [0.3, 0.4) is 0 Å². The van der Waals surface area contributed by atoms with Gasteiger partial charge in [0.15, 0.2) is 5.09 Å². The van der Waals surface area contributed by atoms with Gasteiger partial charge >= 0.3 is 12.1 Å². The molecule has 0 saturated carbocycles. The predicted molar refractivity (Wildman–Crippen MR) is 81.4 cm³/mol. The Morgan fingerprint density at radius 3 is 2.52 bits per heavy atom. The zero-order valence-electron chi connectivity index (χ0n) is 12.6. The van der Waals surface area contributed by atoms with Crippen molar-refractivity contribution in [1.29, 1.82) is 0 Å². The summed E-state index contributed by atoms with van der Waals surface area (Å²) in [4.78, 5) is 23.0. The highest BCUT2D eigenvalue weighted by molar-refractivity contribution is 7.93. The van der Waals surface area contributed by atoms with Gasteiger partial charge in [-0.05, 0) is 17.7 Å². The number of carbonyl (C=O) groups excluding carboxylic acids is 2. The second kappa shape index (κ2) is 7.10. The van der Waals surface area contributed by atoms with Gasteiger partial charge in [-0.25, -0.2) is 13.8 Å². The average molecular weight is 337 g/mol. The maximum Gasteiger partial charge on any atom is 0.442 e. The maximum absolute atomic E-state index is 12.4. The van der Waals surface area contributed by atoms with E-state index in [2.05, 4.69) is 9.10 Å². The van der Waals surface area contributed by atoms with Gasteiger partial charge in [0.25, 0.3) is 0 Å². The zero-order chi connectivity index (χ0) is 16.9. The van der Waals surface area contributed by atoms with E-state index in [1.807, 2.05) is 6.07 Å². The SMILES string of the molecule is COC(=O)c1ccc(S(C)(=O)=NC(=O)OCc2ccccc2)o1. The Hall–Kier alpha value is -2.61. The molecule has 0 aliphatic heterocycles. The highest BCUT2D eigenvalue weighted by Gasteiger charge is 2.18. The van der Waals surface area contributed by atoms with Crippen LogP contribution in [0, 0.1) is 0 Å². The Bertz CT molecular complexity index is 818. The van der Waals surface area contributed by atoms with E-state index >= 15 is 0 Å². The number of benzene rings is 1. The lowest BCUT2D eigenvalue weighted by atomic mass is 10.2. The molecule has 8 heteroatoms. The number of nitrogens with zero attached hydrogens (tertiary/aromatic N) is 1. The number of furan rings is 1. The molecule has 1 unspecified atom stereocenters. The standard InChI is InChI=1S/C15H15NO6S/c1-20-14(17)12-8-9-13(22-12)23(2,19)16-15(18)21-10-11-6-4-3-5-7-11/h3-9H,10H2,1-2H3. The van der Waals surface area contributed by atoms with Crippen molar-refractivity contribution < 1.29 is 27.7 Å². The molecule has 1 amide bonds. The minimum Gasteiger partial charge on any atom is -0.463 e. The van der Waals surface area contributed by atoms with Gasteiger partial charge in [0.05, 0.1) is 7.11 Å². The molecule has 1 aromatic heterocycles. The van der Waals surface area contributed by atoms with Crippen molar-refractivity contribution in [3.8, 4) is 0 Å². The van der Waals surface area contributed by atoms with E-state index in [1.54, 1.807) is 24.3 Å². The van der Waals surface area contributed by atoms with Gasteiger partial charge in [0, 0.05) is 6.26 Å². The van der Waals surface area contributed by atoms with Crippen LogP contribution in [0.2, 0.25) is 0 Å². The molecule has 0 radical (unpaired) electrons. The average Bonchev–Trinajstić information content (AvgIpc) is 3.04. The number of esters is 1. The van der Waals surface area contributed by atoms with E-state index in [9.17, 15) is 13.8 Å². The first kappa shape index (κ1) is 16.8. The molecule has 2 rings (SSSR count). The second-order valence-electron chi connectivity index (χ2n) is 4.54. The lowest BCUT2D eigenvalue weighted by Crippen LogP contribution is -2.05. The fourth-order valence-electron chi connectivity index (χ4n) is 1.67. The van der Waals surface area contributed by atoms with Crippen molar-refractivity contribution >= 4 is 21.8 Å². The summed E-state index contributed by atoms with van der Waals surface area (Å²) < 4.78 is 30.5. The third-order valence-corrected chi connectivity index (χ3v) is 4.26. The molecular formula is C15H15NO6S. The molecule has 0 saturated heterocycles. The molecule has 2 aromatic rings. The molecule has 23 heavy (non-hydrogen) atoms. The smallest absolute Gasteiger partial charge is 0.442 e. The van der Waals surface area contributed by atoms with Gasteiger partial charge in [-0.3, -0.25) is 0 Å². The van der Waals surface area contributed by atoms with Gasteiger partial charge in [-0.2, -0.15) is 0 Å². The summed E-state index contributed by atoms with van der Waals surface area (Å²) in [6.07, 6.45) is 0.244. The lowest BCUT2D eigenvalue weighted by Gasteiger charge is -2.03. The zero-order valence-corrected chi connectivity index (χ0v) is 13.4. The van der Waals surface area contributed by atoms with E-state index < -0.39 is 21.8 Å². The summed E-state index contributed by atoms with van der Waals surface area (Å²) in [5.74, 6) is -0.831. The monoisotopic (exact) mass is 337 g/mol. The number of rotatable bonds is 4. The Balaban J connectivity index is 2.10. The van der Waals surface area contributed by atoms with Crippen molar-refractivity contribution in [2.75, 3.05) is 13.4 Å². The Morgan fingerprint density at radius 2 is 1.87 bits per heavy atom. The van der Waals surface area contributed by atoms with Gasteiger partial charge in [0.2, 0.25) is 5.76 Å². The molecule has 1 heterocycles. The van der Waals surface area contributed by atoms with Gasteiger partial charge in [0.1, 0.15) is 16.3 Å². The first-order valence-electron chi connectivity index (χ1n) is 6.53. The summed E-state index contributed by atoms with van der Waals surface area (Å²) in [7, 11) is -1.97. The molecule has 0 fully saturated rings. The van der Waals surface area contributed by atoms with Gasteiger partial charge in [-0.1, -0.05) is 30.3 Å². The molecule has 1 atom stereocenters. The Kier molecular flexibility index (Phi) is 5.17. The third-order valence-electron chi connectivity index (χ3n) is 2.80. The topological polar surface area (TPSA) is 95.2 Å². The normalized spacial score (nSPS) is 13.0. The van der Waals surface area contributed by atoms with Crippen molar-refractivity contribution in [1.82, 2.24) is 0 Å². The molecule has 0 spiro atoms. The summed E-state index contributed by atoms with van der Waals surface area (Å²) >= 11 is 0. The fraction of sp³-hybridized carbons (Fsp3) is 0.200. The number of amides is 1. The van der Waals surface area contributed by atoms with Crippen LogP contribution in [0.1, 0.15) is 16.1 Å². The van der Waals surface area contributed by atoms with Crippen LogP contribution in [-0.2, 0) is 25.8 Å². The Labute approximate surface area is 133 Å². The number of methoxy groups -OCH3 is 1. The molecule has 122 valence electrons. The summed E-state index contributed by atoms with van der Waals surface area (Å²) in [5, 5.41) is -0.102. The molecule has 1 aromatic carbocycles.